The maximum absolute atomic E-state index is 9.45. The van der Waals surface area contributed by atoms with Crippen LogP contribution in [0.3, 0.4) is 0 Å². The van der Waals surface area contributed by atoms with Crippen LogP contribution in [-0.2, 0) is 0 Å². The molecule has 1 aliphatic rings. The van der Waals surface area contributed by atoms with Gasteiger partial charge in [-0.3, -0.25) is 0 Å². The van der Waals surface area contributed by atoms with E-state index in [0.29, 0.717) is 5.41 Å². The Bertz CT molecular complexity index is 503. The minimum atomic E-state index is 0.394. The second-order valence-electron chi connectivity index (χ2n) is 6.59. The highest BCUT2D eigenvalue weighted by Gasteiger charge is 2.29. The van der Waals surface area contributed by atoms with Gasteiger partial charge >= 0.3 is 0 Å². The van der Waals surface area contributed by atoms with E-state index in [4.69, 9.17) is 0 Å². The molecule has 0 amide bonds. The van der Waals surface area contributed by atoms with Gasteiger partial charge in [0.2, 0.25) is 0 Å². The second kappa shape index (κ2) is 6.10. The molecule has 2 nitrogen and oxygen atoms in total. The van der Waals surface area contributed by atoms with Crippen LogP contribution in [-0.4, -0.2) is 19.3 Å². The van der Waals surface area contributed by atoms with Gasteiger partial charge in [0.1, 0.15) is 6.07 Å². The lowest BCUT2D eigenvalue weighted by molar-refractivity contribution is 0.199. The summed E-state index contributed by atoms with van der Waals surface area (Å²) in [5, 5.41) is 9.45. The van der Waals surface area contributed by atoms with Crippen molar-refractivity contribution in [3.63, 3.8) is 0 Å². The first-order valence-electron chi connectivity index (χ1n) is 7.29. The fourth-order valence-corrected chi connectivity index (χ4v) is 3.62. The highest BCUT2D eigenvalue weighted by Crippen LogP contribution is 2.37. The van der Waals surface area contributed by atoms with Crippen LogP contribution in [0.2, 0.25) is 0 Å². The molecule has 108 valence electrons. The van der Waals surface area contributed by atoms with Gasteiger partial charge in [-0.2, -0.15) is 5.26 Å². The monoisotopic (exact) mass is 288 g/mol. The van der Waals surface area contributed by atoms with Gasteiger partial charge in [0, 0.05) is 18.0 Å². The largest absolute Gasteiger partial charge is 0.370 e. The average Bonchev–Trinajstić information content (AvgIpc) is 2.45. The third-order valence-electron chi connectivity index (χ3n) is 4.40. The van der Waals surface area contributed by atoms with Crippen molar-refractivity contribution in [1.29, 1.82) is 5.26 Å². The van der Waals surface area contributed by atoms with Crippen LogP contribution in [0.25, 0.3) is 0 Å². The van der Waals surface area contributed by atoms with E-state index < -0.39 is 0 Å². The van der Waals surface area contributed by atoms with Crippen LogP contribution in [0.4, 0.5) is 5.69 Å². The fraction of sp³-hybridized carbons (Fsp3) is 0.588. The summed E-state index contributed by atoms with van der Waals surface area (Å²) in [6.07, 6.45) is 4.47. The van der Waals surface area contributed by atoms with Gasteiger partial charge < -0.3 is 4.90 Å². The number of thioether (sulfide) groups is 1. The van der Waals surface area contributed by atoms with Crippen LogP contribution in [0.15, 0.2) is 23.1 Å². The zero-order chi connectivity index (χ0) is 14.8. The standard InChI is InChI=1S/C17H24N2S/c1-17(2,3)13-8-10-19(11-9-13)15-6-5-7-16(20-4)14(15)12-18/h5-7,13H,8-11H2,1-4H3. The van der Waals surface area contributed by atoms with Gasteiger partial charge in [-0.1, -0.05) is 26.8 Å². The van der Waals surface area contributed by atoms with E-state index in [0.717, 1.165) is 35.2 Å². The number of benzene rings is 1. The van der Waals surface area contributed by atoms with Gasteiger partial charge in [0.05, 0.1) is 11.3 Å². The fourth-order valence-electron chi connectivity index (χ4n) is 3.05. The van der Waals surface area contributed by atoms with Crippen molar-refractivity contribution >= 4 is 17.4 Å². The first-order chi connectivity index (χ1) is 9.47. The quantitative estimate of drug-likeness (QED) is 0.747. The lowest BCUT2D eigenvalue weighted by Crippen LogP contribution is -2.38. The number of hydrogen-bond donors (Lipinski definition) is 0. The Balaban J connectivity index is 2.18. The van der Waals surface area contributed by atoms with Crippen LogP contribution >= 0.6 is 11.8 Å². The summed E-state index contributed by atoms with van der Waals surface area (Å²) in [6.45, 7) is 9.13. The number of hydrogen-bond acceptors (Lipinski definition) is 3. The van der Waals surface area contributed by atoms with Crippen LogP contribution in [0.1, 0.15) is 39.2 Å². The summed E-state index contributed by atoms with van der Waals surface area (Å²) in [7, 11) is 0. The summed E-state index contributed by atoms with van der Waals surface area (Å²) in [5.74, 6) is 0.785. The normalized spacial score (nSPS) is 17.1. The molecule has 0 aromatic heterocycles. The Morgan fingerprint density at radius 1 is 1.25 bits per heavy atom. The molecular formula is C17H24N2S. The molecule has 2 rings (SSSR count). The molecule has 0 spiro atoms. The average molecular weight is 288 g/mol. The SMILES string of the molecule is CSc1cccc(N2CCC(C(C)(C)C)CC2)c1C#N. The van der Waals surface area contributed by atoms with Crippen LogP contribution < -0.4 is 4.90 Å². The number of nitriles is 1. The Morgan fingerprint density at radius 3 is 2.40 bits per heavy atom. The van der Waals surface area contributed by atoms with Crippen LogP contribution in [0.5, 0.6) is 0 Å². The maximum Gasteiger partial charge on any atom is 0.103 e. The van der Waals surface area contributed by atoms with E-state index >= 15 is 0 Å². The smallest absolute Gasteiger partial charge is 0.103 e. The predicted molar refractivity (Wildman–Crippen MR) is 87.3 cm³/mol. The molecular weight excluding hydrogens is 264 g/mol. The Kier molecular flexibility index (Phi) is 4.65. The zero-order valence-corrected chi connectivity index (χ0v) is 13.8. The summed E-state index contributed by atoms with van der Waals surface area (Å²) in [5.41, 5.74) is 2.35. The minimum Gasteiger partial charge on any atom is -0.370 e. The molecule has 0 bridgehead atoms. The van der Waals surface area contributed by atoms with E-state index in [9.17, 15) is 5.26 Å². The van der Waals surface area contributed by atoms with Gasteiger partial charge in [0.15, 0.2) is 0 Å². The first-order valence-corrected chi connectivity index (χ1v) is 8.52. The summed E-state index contributed by atoms with van der Waals surface area (Å²) >= 11 is 1.65. The van der Waals surface area contributed by atoms with Crippen molar-refractivity contribution < 1.29 is 0 Å². The predicted octanol–water partition coefficient (Wildman–Crippen LogP) is 4.54. The van der Waals surface area contributed by atoms with E-state index in [-0.39, 0.29) is 0 Å². The van der Waals surface area contributed by atoms with E-state index in [2.05, 4.69) is 43.9 Å². The third kappa shape index (κ3) is 3.12. The van der Waals surface area contributed by atoms with Gasteiger partial charge in [-0.15, -0.1) is 11.8 Å². The lowest BCUT2D eigenvalue weighted by atomic mass is 9.75. The number of nitrogens with zero attached hydrogens (tertiary/aromatic N) is 2. The molecule has 1 aromatic carbocycles. The molecule has 1 aromatic rings. The Labute approximate surface area is 127 Å². The number of piperidine rings is 1. The van der Waals surface area contributed by atoms with Crippen molar-refractivity contribution in [2.75, 3.05) is 24.2 Å². The molecule has 0 atom stereocenters. The Hall–Kier alpha value is -1.14. The Morgan fingerprint density at radius 2 is 1.90 bits per heavy atom. The maximum atomic E-state index is 9.45. The van der Waals surface area contributed by atoms with Gasteiger partial charge in [0.25, 0.3) is 0 Å². The molecule has 1 heterocycles. The molecule has 0 saturated carbocycles. The van der Waals surface area contributed by atoms with Gasteiger partial charge in [-0.25, -0.2) is 0 Å². The highest BCUT2D eigenvalue weighted by molar-refractivity contribution is 7.98. The molecule has 0 unspecified atom stereocenters. The lowest BCUT2D eigenvalue weighted by Gasteiger charge is -2.40. The number of rotatable bonds is 2. The topological polar surface area (TPSA) is 27.0 Å². The molecule has 1 aliphatic heterocycles. The van der Waals surface area contributed by atoms with Crippen molar-refractivity contribution in [2.45, 2.75) is 38.5 Å². The molecule has 1 fully saturated rings. The first kappa shape index (κ1) is 15.3. The van der Waals surface area contributed by atoms with E-state index in [1.165, 1.54) is 12.8 Å². The van der Waals surface area contributed by atoms with Crippen molar-refractivity contribution in [3.8, 4) is 6.07 Å². The van der Waals surface area contributed by atoms with Crippen molar-refractivity contribution in [3.05, 3.63) is 23.8 Å². The molecule has 0 aliphatic carbocycles. The third-order valence-corrected chi connectivity index (χ3v) is 5.18. The molecule has 1 saturated heterocycles. The van der Waals surface area contributed by atoms with Crippen molar-refractivity contribution in [2.24, 2.45) is 11.3 Å². The second-order valence-corrected chi connectivity index (χ2v) is 7.44. The molecule has 20 heavy (non-hydrogen) atoms. The highest BCUT2D eigenvalue weighted by atomic mass is 32.2. The minimum absolute atomic E-state index is 0.394. The van der Waals surface area contributed by atoms with Crippen LogP contribution in [0, 0.1) is 22.7 Å². The molecule has 3 heteroatoms. The zero-order valence-electron chi connectivity index (χ0n) is 12.9. The number of anilines is 1. The van der Waals surface area contributed by atoms with E-state index in [1.807, 2.05) is 12.3 Å². The molecule has 0 N–H and O–H groups in total. The molecule has 0 radical (unpaired) electrons. The summed E-state index contributed by atoms with van der Waals surface area (Å²) < 4.78 is 0. The van der Waals surface area contributed by atoms with Crippen molar-refractivity contribution in [1.82, 2.24) is 0 Å². The van der Waals surface area contributed by atoms with E-state index in [1.54, 1.807) is 11.8 Å². The van der Waals surface area contributed by atoms with Gasteiger partial charge in [-0.05, 0) is 42.6 Å². The summed E-state index contributed by atoms with van der Waals surface area (Å²) in [4.78, 5) is 3.48. The summed E-state index contributed by atoms with van der Waals surface area (Å²) in [6, 6.07) is 8.59.